The maximum atomic E-state index is 13.2. The van der Waals surface area contributed by atoms with Crippen LogP contribution in [0.4, 0.5) is 0 Å². The Balaban J connectivity index is 2.94. The number of carbonyl (C=O) groups is 2. The molecule has 160 valence electrons. The van der Waals surface area contributed by atoms with Gasteiger partial charge in [0.2, 0.25) is 0 Å². The number of Topliss-reactive ketones (excluding diaryl/α,β-unsaturated/α-hetero) is 1. The highest BCUT2D eigenvalue weighted by atomic mass is 16.7. The van der Waals surface area contributed by atoms with Crippen molar-refractivity contribution in [2.45, 2.75) is 60.0 Å². The van der Waals surface area contributed by atoms with Crippen molar-refractivity contribution in [3.05, 3.63) is 23.2 Å². The topological polar surface area (TPSA) is 75.0 Å². The SMILES string of the molecule is CC[C@H](C=O)[C@H](C)[C@@H](OCOCCOC)[C@H](C)C(=O)[C@H](C)c1oc(C)cc1C. The molecule has 5 atom stereocenters. The highest BCUT2D eigenvalue weighted by Gasteiger charge is 2.36. The van der Waals surface area contributed by atoms with E-state index in [1.807, 2.05) is 47.6 Å². The Hall–Kier alpha value is -1.50. The van der Waals surface area contributed by atoms with Gasteiger partial charge in [-0.3, -0.25) is 4.79 Å². The Kier molecular flexibility index (Phi) is 10.6. The zero-order valence-corrected chi connectivity index (χ0v) is 18.3. The normalized spacial score (nSPS) is 17.0. The molecule has 1 heterocycles. The number of ketones is 1. The molecule has 0 radical (unpaired) electrons. The predicted octanol–water partition coefficient (Wildman–Crippen LogP) is 4.07. The lowest BCUT2D eigenvalue weighted by Gasteiger charge is -2.32. The number of furan rings is 1. The Morgan fingerprint density at radius 2 is 1.89 bits per heavy atom. The molecule has 6 heteroatoms. The van der Waals surface area contributed by atoms with E-state index in [0.29, 0.717) is 25.4 Å². The second kappa shape index (κ2) is 12.1. The number of methoxy groups -OCH3 is 1. The molecule has 1 aromatic heterocycles. The van der Waals surface area contributed by atoms with E-state index >= 15 is 0 Å². The van der Waals surface area contributed by atoms with Gasteiger partial charge in [0.15, 0.2) is 0 Å². The van der Waals surface area contributed by atoms with Crippen LogP contribution in [0.25, 0.3) is 0 Å². The summed E-state index contributed by atoms with van der Waals surface area (Å²) in [5, 5.41) is 0. The molecule has 0 saturated heterocycles. The lowest BCUT2D eigenvalue weighted by molar-refractivity contribution is -0.151. The number of rotatable bonds is 14. The van der Waals surface area contributed by atoms with Crippen LogP contribution in [0, 0.1) is 31.6 Å². The highest BCUT2D eigenvalue weighted by Crippen LogP contribution is 2.31. The molecule has 0 bridgehead atoms. The molecule has 0 saturated carbocycles. The second-order valence-electron chi connectivity index (χ2n) is 7.53. The van der Waals surface area contributed by atoms with Gasteiger partial charge < -0.3 is 23.4 Å². The third-order valence-corrected chi connectivity index (χ3v) is 5.46. The van der Waals surface area contributed by atoms with Gasteiger partial charge >= 0.3 is 0 Å². The molecule has 1 aromatic rings. The van der Waals surface area contributed by atoms with Crippen LogP contribution < -0.4 is 0 Å². The van der Waals surface area contributed by atoms with Crippen molar-refractivity contribution in [1.82, 2.24) is 0 Å². The predicted molar refractivity (Wildman–Crippen MR) is 107 cm³/mol. The average molecular weight is 397 g/mol. The molecule has 0 aromatic carbocycles. The van der Waals surface area contributed by atoms with Crippen LogP contribution in [0.3, 0.4) is 0 Å². The minimum absolute atomic E-state index is 0.0342. The third-order valence-electron chi connectivity index (χ3n) is 5.46. The summed E-state index contributed by atoms with van der Waals surface area (Å²) in [4.78, 5) is 24.7. The van der Waals surface area contributed by atoms with E-state index in [2.05, 4.69) is 0 Å². The van der Waals surface area contributed by atoms with Gasteiger partial charge in [-0.05, 0) is 44.7 Å². The van der Waals surface area contributed by atoms with Crippen LogP contribution in [0.2, 0.25) is 0 Å². The summed E-state index contributed by atoms with van der Waals surface area (Å²) in [7, 11) is 1.60. The summed E-state index contributed by atoms with van der Waals surface area (Å²) in [6, 6.07) is 1.93. The minimum Gasteiger partial charge on any atom is -0.465 e. The van der Waals surface area contributed by atoms with Crippen molar-refractivity contribution in [2.75, 3.05) is 27.1 Å². The quantitative estimate of drug-likeness (QED) is 0.268. The fourth-order valence-electron chi connectivity index (χ4n) is 3.69. The first-order chi connectivity index (χ1) is 13.3. The van der Waals surface area contributed by atoms with Gasteiger partial charge in [0.1, 0.15) is 30.4 Å². The number of hydrogen-bond acceptors (Lipinski definition) is 6. The van der Waals surface area contributed by atoms with E-state index in [4.69, 9.17) is 18.6 Å². The summed E-state index contributed by atoms with van der Waals surface area (Å²) in [5.41, 5.74) is 0.971. The maximum absolute atomic E-state index is 13.2. The molecule has 0 unspecified atom stereocenters. The van der Waals surface area contributed by atoms with Gasteiger partial charge in [0, 0.05) is 18.9 Å². The van der Waals surface area contributed by atoms with Crippen LogP contribution in [-0.4, -0.2) is 45.3 Å². The Labute approximate surface area is 168 Å². The molecule has 0 spiro atoms. The summed E-state index contributed by atoms with van der Waals surface area (Å²) >= 11 is 0. The second-order valence-corrected chi connectivity index (χ2v) is 7.53. The smallest absolute Gasteiger partial charge is 0.148 e. The summed E-state index contributed by atoms with van der Waals surface area (Å²) in [5.74, 6) is 0.440. The first-order valence-electron chi connectivity index (χ1n) is 10.0. The van der Waals surface area contributed by atoms with Crippen LogP contribution >= 0.6 is 0 Å². The van der Waals surface area contributed by atoms with Crippen molar-refractivity contribution in [3.63, 3.8) is 0 Å². The fourth-order valence-corrected chi connectivity index (χ4v) is 3.69. The van der Waals surface area contributed by atoms with Gasteiger partial charge in [0.05, 0.1) is 25.2 Å². The van der Waals surface area contributed by atoms with Gasteiger partial charge in [0.25, 0.3) is 0 Å². The number of carbonyl (C=O) groups excluding carboxylic acids is 2. The Morgan fingerprint density at radius 3 is 2.39 bits per heavy atom. The molecule has 28 heavy (non-hydrogen) atoms. The first kappa shape index (κ1) is 24.5. The maximum Gasteiger partial charge on any atom is 0.148 e. The molecule has 1 rings (SSSR count). The van der Waals surface area contributed by atoms with Crippen LogP contribution in [0.1, 0.15) is 57.1 Å². The highest BCUT2D eigenvalue weighted by molar-refractivity contribution is 5.87. The molecule has 6 nitrogen and oxygen atoms in total. The van der Waals surface area contributed by atoms with E-state index in [1.165, 1.54) is 0 Å². The Bertz CT molecular complexity index is 608. The van der Waals surface area contributed by atoms with Gasteiger partial charge in [-0.1, -0.05) is 20.8 Å². The zero-order chi connectivity index (χ0) is 21.3. The summed E-state index contributed by atoms with van der Waals surface area (Å²) in [6.07, 6.45) is 1.22. The molecule has 0 aliphatic carbocycles. The van der Waals surface area contributed by atoms with Gasteiger partial charge in [-0.2, -0.15) is 0 Å². The van der Waals surface area contributed by atoms with Crippen molar-refractivity contribution in [3.8, 4) is 0 Å². The van der Waals surface area contributed by atoms with Crippen molar-refractivity contribution >= 4 is 12.1 Å². The molecular formula is C22H36O6. The fraction of sp³-hybridized carbons (Fsp3) is 0.727. The van der Waals surface area contributed by atoms with E-state index in [0.717, 1.165) is 17.6 Å². The number of aryl methyl sites for hydroxylation is 2. The lowest BCUT2D eigenvalue weighted by Crippen LogP contribution is -2.39. The average Bonchev–Trinajstić information content (AvgIpc) is 3.01. The van der Waals surface area contributed by atoms with Crippen molar-refractivity contribution in [1.29, 1.82) is 0 Å². The van der Waals surface area contributed by atoms with Crippen LogP contribution in [0.5, 0.6) is 0 Å². The molecular weight excluding hydrogens is 360 g/mol. The van der Waals surface area contributed by atoms with Crippen LogP contribution in [-0.2, 0) is 23.8 Å². The van der Waals surface area contributed by atoms with E-state index in [9.17, 15) is 9.59 Å². The van der Waals surface area contributed by atoms with E-state index < -0.39 is 12.0 Å². The number of hydrogen-bond donors (Lipinski definition) is 0. The largest absolute Gasteiger partial charge is 0.465 e. The number of aldehydes is 1. The van der Waals surface area contributed by atoms with Gasteiger partial charge in [-0.15, -0.1) is 0 Å². The van der Waals surface area contributed by atoms with E-state index in [1.54, 1.807) is 7.11 Å². The molecule has 0 N–H and O–H groups in total. The summed E-state index contributed by atoms with van der Waals surface area (Å²) < 4.78 is 22.1. The molecule has 0 aliphatic rings. The zero-order valence-electron chi connectivity index (χ0n) is 18.3. The Morgan fingerprint density at radius 1 is 1.21 bits per heavy atom. The molecule has 0 aliphatic heterocycles. The monoisotopic (exact) mass is 396 g/mol. The molecule has 0 fully saturated rings. The molecule has 0 amide bonds. The van der Waals surface area contributed by atoms with Crippen molar-refractivity contribution in [2.24, 2.45) is 17.8 Å². The summed E-state index contributed by atoms with van der Waals surface area (Å²) in [6.45, 7) is 12.4. The lowest BCUT2D eigenvalue weighted by atomic mass is 9.79. The number of ether oxygens (including phenoxy) is 3. The van der Waals surface area contributed by atoms with Crippen LogP contribution in [0.15, 0.2) is 10.5 Å². The minimum atomic E-state index is -0.427. The third kappa shape index (κ3) is 6.54. The van der Waals surface area contributed by atoms with Crippen molar-refractivity contribution < 1.29 is 28.2 Å². The van der Waals surface area contributed by atoms with E-state index in [-0.39, 0.29) is 30.3 Å². The standard InChI is InChI=1S/C22H36O6/c1-8-19(12-23)16(4)22(27-13-26-10-9-25-7)18(6)20(24)17(5)21-14(2)11-15(3)28-21/h11-12,16-19,22H,8-10,13H2,1-7H3/t16-,17-,18+,19+,22+/m0/s1. The first-order valence-corrected chi connectivity index (χ1v) is 10.0. The van der Waals surface area contributed by atoms with Gasteiger partial charge in [-0.25, -0.2) is 0 Å².